The molecule has 0 unspecified atom stereocenters. The Kier molecular flexibility index (Phi) is 3.95. The molecule has 1 heterocycles. The molecule has 4 heteroatoms. The zero-order chi connectivity index (χ0) is 14.8. The van der Waals surface area contributed by atoms with Crippen molar-refractivity contribution in [3.63, 3.8) is 0 Å². The van der Waals surface area contributed by atoms with Crippen LogP contribution in [0.15, 0.2) is 48.8 Å². The molecule has 0 atom stereocenters. The van der Waals surface area contributed by atoms with Gasteiger partial charge in [0.1, 0.15) is 0 Å². The number of likely N-dealkylation sites (N-methyl/N-ethyl adjacent to an activating group) is 1. The fourth-order valence-corrected chi connectivity index (χ4v) is 1.88. The lowest BCUT2D eigenvalue weighted by Gasteiger charge is -2.34. The first-order valence-electron chi connectivity index (χ1n) is 6.58. The predicted molar refractivity (Wildman–Crippen MR) is 79.0 cm³/mol. The van der Waals surface area contributed by atoms with E-state index in [2.05, 4.69) is 0 Å². The van der Waals surface area contributed by atoms with E-state index in [0.717, 1.165) is 5.69 Å². The van der Waals surface area contributed by atoms with E-state index < -0.39 is 5.54 Å². The molecule has 0 spiro atoms. The van der Waals surface area contributed by atoms with Crippen molar-refractivity contribution < 1.29 is 9.90 Å². The standard InChI is InChI=1S/C16H20N2O2/c1-16(2,12-19)17(3)15(20)13-7-6-8-14(11-13)18-9-4-5-10-18/h4-11,19H,12H2,1-3H3. The number of hydrogen-bond donors (Lipinski definition) is 1. The van der Waals surface area contributed by atoms with Gasteiger partial charge in [-0.15, -0.1) is 0 Å². The van der Waals surface area contributed by atoms with Gasteiger partial charge in [-0.05, 0) is 44.2 Å². The lowest BCUT2D eigenvalue weighted by Crippen LogP contribution is -2.47. The topological polar surface area (TPSA) is 45.5 Å². The van der Waals surface area contributed by atoms with Crippen LogP contribution in [-0.2, 0) is 0 Å². The number of hydrogen-bond acceptors (Lipinski definition) is 2. The zero-order valence-corrected chi connectivity index (χ0v) is 12.1. The van der Waals surface area contributed by atoms with Gasteiger partial charge in [0.05, 0.1) is 12.1 Å². The normalized spacial score (nSPS) is 11.4. The number of amides is 1. The van der Waals surface area contributed by atoms with Crippen molar-refractivity contribution in [2.75, 3.05) is 13.7 Å². The van der Waals surface area contributed by atoms with Crippen molar-refractivity contribution >= 4 is 5.91 Å². The minimum Gasteiger partial charge on any atom is -0.394 e. The van der Waals surface area contributed by atoms with Crippen molar-refractivity contribution in [3.05, 3.63) is 54.4 Å². The second kappa shape index (κ2) is 5.51. The molecule has 2 aromatic rings. The SMILES string of the molecule is CN(C(=O)c1cccc(-n2cccc2)c1)C(C)(C)CO. The van der Waals surface area contributed by atoms with Gasteiger partial charge in [0.2, 0.25) is 0 Å². The van der Waals surface area contributed by atoms with Crippen LogP contribution in [0.3, 0.4) is 0 Å². The Balaban J connectivity index is 2.30. The molecule has 0 fully saturated rings. The molecule has 0 saturated heterocycles. The van der Waals surface area contributed by atoms with E-state index in [0.29, 0.717) is 5.56 Å². The summed E-state index contributed by atoms with van der Waals surface area (Å²) in [5, 5.41) is 9.37. The van der Waals surface area contributed by atoms with Crippen LogP contribution in [0.5, 0.6) is 0 Å². The maximum absolute atomic E-state index is 12.5. The molecule has 0 aliphatic heterocycles. The molecule has 0 saturated carbocycles. The maximum atomic E-state index is 12.5. The van der Waals surface area contributed by atoms with Crippen molar-refractivity contribution in [2.24, 2.45) is 0 Å². The predicted octanol–water partition coefficient (Wildman–Crippen LogP) is 2.32. The van der Waals surface area contributed by atoms with Gasteiger partial charge in [-0.2, -0.15) is 0 Å². The largest absolute Gasteiger partial charge is 0.394 e. The number of carbonyl (C=O) groups is 1. The number of benzene rings is 1. The van der Waals surface area contributed by atoms with Crippen LogP contribution in [0.4, 0.5) is 0 Å². The van der Waals surface area contributed by atoms with Gasteiger partial charge in [0, 0.05) is 30.7 Å². The summed E-state index contributed by atoms with van der Waals surface area (Å²) in [6.45, 7) is 3.59. The molecule has 0 bridgehead atoms. The fourth-order valence-electron chi connectivity index (χ4n) is 1.88. The van der Waals surface area contributed by atoms with Crippen LogP contribution in [0.2, 0.25) is 0 Å². The Morgan fingerprint density at radius 1 is 1.25 bits per heavy atom. The van der Waals surface area contributed by atoms with Crippen LogP contribution in [0.1, 0.15) is 24.2 Å². The van der Waals surface area contributed by atoms with E-state index in [4.69, 9.17) is 0 Å². The van der Waals surface area contributed by atoms with Crippen LogP contribution in [0.25, 0.3) is 5.69 Å². The second-order valence-corrected chi connectivity index (χ2v) is 5.48. The summed E-state index contributed by atoms with van der Waals surface area (Å²) < 4.78 is 1.95. The average Bonchev–Trinajstić information content (AvgIpc) is 3.00. The summed E-state index contributed by atoms with van der Waals surface area (Å²) in [4.78, 5) is 14.0. The van der Waals surface area contributed by atoms with Gasteiger partial charge in [0.15, 0.2) is 0 Å². The van der Waals surface area contributed by atoms with Gasteiger partial charge in [-0.25, -0.2) is 0 Å². The average molecular weight is 272 g/mol. The quantitative estimate of drug-likeness (QED) is 0.928. The molecule has 4 nitrogen and oxygen atoms in total. The highest BCUT2D eigenvalue weighted by atomic mass is 16.3. The van der Waals surface area contributed by atoms with E-state index in [1.807, 2.05) is 61.1 Å². The Bertz CT molecular complexity index is 588. The molecule has 0 radical (unpaired) electrons. The third-order valence-corrected chi connectivity index (χ3v) is 3.60. The third kappa shape index (κ3) is 2.75. The first kappa shape index (κ1) is 14.3. The summed E-state index contributed by atoms with van der Waals surface area (Å²) >= 11 is 0. The molecular formula is C16H20N2O2. The molecule has 106 valence electrons. The molecule has 20 heavy (non-hydrogen) atoms. The highest BCUT2D eigenvalue weighted by molar-refractivity contribution is 5.95. The van der Waals surface area contributed by atoms with E-state index in [1.165, 1.54) is 0 Å². The Morgan fingerprint density at radius 2 is 1.90 bits per heavy atom. The molecule has 2 rings (SSSR count). The lowest BCUT2D eigenvalue weighted by atomic mass is 10.0. The Labute approximate surface area is 119 Å². The Morgan fingerprint density at radius 3 is 2.50 bits per heavy atom. The van der Waals surface area contributed by atoms with Gasteiger partial charge in [-0.3, -0.25) is 4.79 Å². The minimum absolute atomic E-state index is 0.0769. The van der Waals surface area contributed by atoms with Crippen molar-refractivity contribution in [1.82, 2.24) is 9.47 Å². The molecular weight excluding hydrogens is 252 g/mol. The van der Waals surface area contributed by atoms with Gasteiger partial charge >= 0.3 is 0 Å². The lowest BCUT2D eigenvalue weighted by molar-refractivity contribution is 0.0473. The van der Waals surface area contributed by atoms with Crippen molar-refractivity contribution in [1.29, 1.82) is 0 Å². The van der Waals surface area contributed by atoms with E-state index in [9.17, 15) is 9.90 Å². The molecule has 1 aromatic carbocycles. The number of rotatable bonds is 4. The number of carbonyl (C=O) groups excluding carboxylic acids is 1. The third-order valence-electron chi connectivity index (χ3n) is 3.60. The summed E-state index contributed by atoms with van der Waals surface area (Å²) in [7, 11) is 1.71. The number of aromatic nitrogens is 1. The highest BCUT2D eigenvalue weighted by Crippen LogP contribution is 2.17. The van der Waals surface area contributed by atoms with E-state index >= 15 is 0 Å². The van der Waals surface area contributed by atoms with Gasteiger partial charge in [0.25, 0.3) is 5.91 Å². The Hall–Kier alpha value is -2.07. The molecule has 1 aromatic heterocycles. The van der Waals surface area contributed by atoms with Crippen molar-refractivity contribution in [2.45, 2.75) is 19.4 Å². The summed E-state index contributed by atoms with van der Waals surface area (Å²) in [5.74, 6) is -0.0990. The molecule has 1 N–H and O–H groups in total. The van der Waals surface area contributed by atoms with E-state index in [-0.39, 0.29) is 12.5 Å². The van der Waals surface area contributed by atoms with Crippen LogP contribution in [0, 0.1) is 0 Å². The number of aliphatic hydroxyl groups is 1. The molecule has 0 aliphatic carbocycles. The monoisotopic (exact) mass is 272 g/mol. The van der Waals surface area contributed by atoms with Gasteiger partial charge in [-0.1, -0.05) is 6.07 Å². The minimum atomic E-state index is -0.583. The second-order valence-electron chi connectivity index (χ2n) is 5.48. The maximum Gasteiger partial charge on any atom is 0.254 e. The zero-order valence-electron chi connectivity index (χ0n) is 12.1. The summed E-state index contributed by atoms with van der Waals surface area (Å²) in [6, 6.07) is 11.3. The van der Waals surface area contributed by atoms with E-state index in [1.54, 1.807) is 18.0 Å². The van der Waals surface area contributed by atoms with Crippen LogP contribution >= 0.6 is 0 Å². The first-order chi connectivity index (χ1) is 9.45. The summed E-state index contributed by atoms with van der Waals surface area (Å²) in [6.07, 6.45) is 3.87. The fraction of sp³-hybridized carbons (Fsp3) is 0.312. The molecule has 1 amide bonds. The summed E-state index contributed by atoms with van der Waals surface area (Å²) in [5.41, 5.74) is 0.969. The smallest absolute Gasteiger partial charge is 0.254 e. The number of nitrogens with zero attached hydrogens (tertiary/aromatic N) is 2. The first-order valence-corrected chi connectivity index (χ1v) is 6.58. The van der Waals surface area contributed by atoms with Crippen molar-refractivity contribution in [3.8, 4) is 5.69 Å². The highest BCUT2D eigenvalue weighted by Gasteiger charge is 2.27. The van der Waals surface area contributed by atoms with Crippen LogP contribution < -0.4 is 0 Å². The van der Waals surface area contributed by atoms with Gasteiger partial charge < -0.3 is 14.6 Å². The number of aliphatic hydroxyl groups excluding tert-OH is 1. The van der Waals surface area contributed by atoms with Crippen LogP contribution in [-0.4, -0.2) is 39.7 Å². The molecule has 0 aliphatic rings.